The molecular formula is C23H28Cl2N4O4. The molecule has 0 spiro atoms. The molecule has 2 aliphatic rings. The van der Waals surface area contributed by atoms with Crippen molar-refractivity contribution in [3.8, 4) is 11.4 Å². The van der Waals surface area contributed by atoms with Gasteiger partial charge >= 0.3 is 5.97 Å². The first-order chi connectivity index (χ1) is 15.9. The lowest BCUT2D eigenvalue weighted by molar-refractivity contribution is -0.152. The molecule has 0 N–H and O–H groups in total. The zero-order valence-corrected chi connectivity index (χ0v) is 20.1. The Morgan fingerprint density at radius 3 is 2.67 bits per heavy atom. The molecule has 1 amide bonds. The summed E-state index contributed by atoms with van der Waals surface area (Å²) in [6.07, 6.45) is 3.13. The van der Waals surface area contributed by atoms with Crippen LogP contribution in [0.3, 0.4) is 0 Å². The minimum Gasteiger partial charge on any atom is -0.466 e. The largest absolute Gasteiger partial charge is 0.466 e. The Morgan fingerprint density at radius 2 is 1.94 bits per heavy atom. The van der Waals surface area contributed by atoms with E-state index in [1.807, 2.05) is 11.8 Å². The summed E-state index contributed by atoms with van der Waals surface area (Å²) < 4.78 is 10.6. The quantitative estimate of drug-likeness (QED) is 0.559. The van der Waals surface area contributed by atoms with E-state index < -0.39 is 0 Å². The number of ether oxygens (including phenoxy) is 1. The molecule has 0 radical (unpaired) electrons. The van der Waals surface area contributed by atoms with Crippen molar-refractivity contribution in [3.63, 3.8) is 0 Å². The van der Waals surface area contributed by atoms with Crippen molar-refractivity contribution < 1.29 is 18.8 Å². The van der Waals surface area contributed by atoms with Crippen LogP contribution in [0.15, 0.2) is 22.7 Å². The Bertz CT molecular complexity index is 991. The molecular weight excluding hydrogens is 467 g/mol. The summed E-state index contributed by atoms with van der Waals surface area (Å²) in [4.78, 5) is 33.6. The maximum atomic E-state index is 13.1. The van der Waals surface area contributed by atoms with Crippen LogP contribution < -0.4 is 0 Å². The fraction of sp³-hybridized carbons (Fsp3) is 0.565. The monoisotopic (exact) mass is 494 g/mol. The molecule has 0 bridgehead atoms. The Hall–Kier alpha value is -2.16. The molecule has 4 rings (SSSR count). The third-order valence-electron chi connectivity index (χ3n) is 6.28. The molecule has 33 heavy (non-hydrogen) atoms. The number of likely N-dealkylation sites (tertiary alicyclic amines) is 2. The van der Waals surface area contributed by atoms with Gasteiger partial charge in [-0.1, -0.05) is 28.4 Å². The number of rotatable bonds is 6. The van der Waals surface area contributed by atoms with E-state index in [-0.39, 0.29) is 23.7 Å². The molecule has 0 aliphatic carbocycles. The number of esters is 1. The van der Waals surface area contributed by atoms with Gasteiger partial charge in [-0.3, -0.25) is 14.5 Å². The second kappa shape index (κ2) is 10.8. The molecule has 8 nitrogen and oxygen atoms in total. The van der Waals surface area contributed by atoms with Gasteiger partial charge in [0.15, 0.2) is 0 Å². The number of benzene rings is 1. The number of amides is 1. The van der Waals surface area contributed by atoms with Crippen molar-refractivity contribution in [2.24, 2.45) is 11.8 Å². The van der Waals surface area contributed by atoms with Gasteiger partial charge in [0.1, 0.15) is 0 Å². The first-order valence-electron chi connectivity index (χ1n) is 11.4. The van der Waals surface area contributed by atoms with Crippen molar-refractivity contribution >= 4 is 35.1 Å². The molecule has 178 valence electrons. The summed E-state index contributed by atoms with van der Waals surface area (Å²) in [6, 6.07) is 5.14. The fourth-order valence-corrected chi connectivity index (χ4v) is 5.04. The van der Waals surface area contributed by atoms with Crippen LogP contribution in [0, 0.1) is 11.8 Å². The topological polar surface area (TPSA) is 88.8 Å². The summed E-state index contributed by atoms with van der Waals surface area (Å²) in [6.45, 7) is 5.41. The molecule has 2 aliphatic heterocycles. The average Bonchev–Trinajstić information content (AvgIpc) is 3.27. The van der Waals surface area contributed by atoms with Crippen LogP contribution in [0.25, 0.3) is 11.4 Å². The Balaban J connectivity index is 1.31. The number of carbonyl (C=O) groups excluding carboxylic acids is 2. The predicted octanol–water partition coefficient (Wildman–Crippen LogP) is 4.06. The Kier molecular flexibility index (Phi) is 7.88. The van der Waals surface area contributed by atoms with Gasteiger partial charge in [0, 0.05) is 30.2 Å². The summed E-state index contributed by atoms with van der Waals surface area (Å²) in [7, 11) is 0. The van der Waals surface area contributed by atoms with E-state index in [0.717, 1.165) is 19.4 Å². The van der Waals surface area contributed by atoms with Crippen LogP contribution in [0.4, 0.5) is 0 Å². The highest BCUT2D eigenvalue weighted by Crippen LogP contribution is 2.29. The number of halogens is 2. The maximum Gasteiger partial charge on any atom is 0.309 e. The minimum absolute atomic E-state index is 0.0639. The van der Waals surface area contributed by atoms with Gasteiger partial charge in [-0.05, 0) is 57.4 Å². The molecule has 3 heterocycles. The van der Waals surface area contributed by atoms with Gasteiger partial charge in [0.05, 0.1) is 30.0 Å². The summed E-state index contributed by atoms with van der Waals surface area (Å²) in [5.74, 6) is 0.761. The molecule has 2 aromatic rings. The number of aromatic nitrogens is 2. The zero-order chi connectivity index (χ0) is 23.4. The summed E-state index contributed by atoms with van der Waals surface area (Å²) in [5, 5.41) is 5.06. The van der Waals surface area contributed by atoms with Crippen LogP contribution in [0.2, 0.25) is 10.0 Å². The second-order valence-electron chi connectivity index (χ2n) is 8.56. The molecule has 1 aromatic heterocycles. The van der Waals surface area contributed by atoms with Crippen LogP contribution in [0.5, 0.6) is 0 Å². The number of nitrogens with zero attached hydrogens (tertiary/aromatic N) is 4. The lowest BCUT2D eigenvalue weighted by atomic mass is 9.93. The highest BCUT2D eigenvalue weighted by molar-refractivity contribution is 6.36. The molecule has 0 saturated carbocycles. The lowest BCUT2D eigenvalue weighted by Gasteiger charge is -2.37. The molecule has 1 unspecified atom stereocenters. The standard InChI is InChI=1S/C23H28Cl2N4O4/c1-2-32-23(31)15-7-10-29(11-8-15)22(30)16-4-3-9-28(13-16)14-20-26-21(27-33-20)18-6-5-17(24)12-19(18)25/h5-6,12,15-16H,2-4,7-11,13-14H2,1H3. The summed E-state index contributed by atoms with van der Waals surface area (Å²) in [5.41, 5.74) is 0.661. The van der Waals surface area contributed by atoms with Gasteiger partial charge in [0.2, 0.25) is 17.6 Å². The Labute approximate surface area is 203 Å². The van der Waals surface area contributed by atoms with E-state index >= 15 is 0 Å². The number of piperidine rings is 2. The fourth-order valence-electron chi connectivity index (χ4n) is 4.55. The van der Waals surface area contributed by atoms with Gasteiger partial charge in [0.25, 0.3) is 0 Å². The van der Waals surface area contributed by atoms with Crippen LogP contribution in [0.1, 0.15) is 38.5 Å². The van der Waals surface area contributed by atoms with E-state index in [9.17, 15) is 9.59 Å². The van der Waals surface area contributed by atoms with E-state index in [1.54, 1.807) is 18.2 Å². The van der Waals surface area contributed by atoms with Gasteiger partial charge in [-0.15, -0.1) is 0 Å². The normalized spacial score (nSPS) is 20.1. The average molecular weight is 495 g/mol. The van der Waals surface area contributed by atoms with Crippen LogP contribution in [-0.2, 0) is 20.9 Å². The van der Waals surface area contributed by atoms with Crippen molar-refractivity contribution in [3.05, 3.63) is 34.1 Å². The third kappa shape index (κ3) is 5.86. The SMILES string of the molecule is CCOC(=O)C1CCN(C(=O)C2CCCN(Cc3nc(-c4ccc(Cl)cc4Cl)no3)C2)CC1. The number of hydrogen-bond donors (Lipinski definition) is 0. The third-order valence-corrected chi connectivity index (χ3v) is 6.83. The minimum atomic E-state index is -0.146. The highest BCUT2D eigenvalue weighted by Gasteiger charge is 2.33. The smallest absolute Gasteiger partial charge is 0.309 e. The predicted molar refractivity (Wildman–Crippen MR) is 124 cm³/mol. The van der Waals surface area contributed by atoms with E-state index in [0.29, 0.717) is 73.0 Å². The van der Waals surface area contributed by atoms with Crippen molar-refractivity contribution in [2.75, 3.05) is 32.8 Å². The van der Waals surface area contributed by atoms with Gasteiger partial charge in [-0.25, -0.2) is 0 Å². The molecule has 2 saturated heterocycles. The zero-order valence-electron chi connectivity index (χ0n) is 18.6. The highest BCUT2D eigenvalue weighted by atomic mass is 35.5. The van der Waals surface area contributed by atoms with Crippen molar-refractivity contribution in [1.29, 1.82) is 0 Å². The van der Waals surface area contributed by atoms with Crippen molar-refractivity contribution in [2.45, 2.75) is 39.2 Å². The van der Waals surface area contributed by atoms with Gasteiger partial charge < -0.3 is 14.2 Å². The van der Waals surface area contributed by atoms with Gasteiger partial charge in [-0.2, -0.15) is 4.98 Å². The second-order valence-corrected chi connectivity index (χ2v) is 9.41. The van der Waals surface area contributed by atoms with E-state index in [4.69, 9.17) is 32.5 Å². The van der Waals surface area contributed by atoms with Crippen LogP contribution >= 0.6 is 23.2 Å². The number of hydrogen-bond acceptors (Lipinski definition) is 7. The summed E-state index contributed by atoms with van der Waals surface area (Å²) >= 11 is 12.2. The first kappa shape index (κ1) is 24.0. The van der Waals surface area contributed by atoms with E-state index in [2.05, 4.69) is 15.0 Å². The molecule has 1 aromatic carbocycles. The number of carbonyl (C=O) groups is 2. The molecule has 1 atom stereocenters. The van der Waals surface area contributed by atoms with E-state index in [1.165, 1.54) is 0 Å². The molecule has 2 fully saturated rings. The lowest BCUT2D eigenvalue weighted by Crippen LogP contribution is -2.47. The van der Waals surface area contributed by atoms with Crippen LogP contribution in [-0.4, -0.2) is 64.6 Å². The first-order valence-corrected chi connectivity index (χ1v) is 12.2. The molecule has 10 heteroatoms. The van der Waals surface area contributed by atoms with Crippen molar-refractivity contribution in [1.82, 2.24) is 19.9 Å². The Morgan fingerprint density at radius 1 is 1.15 bits per heavy atom. The maximum absolute atomic E-state index is 13.1.